The van der Waals surface area contributed by atoms with Crippen molar-refractivity contribution in [2.75, 3.05) is 13.2 Å². The molecule has 0 N–H and O–H groups in total. The maximum atomic E-state index is 11.1. The van der Waals surface area contributed by atoms with Crippen LogP contribution in [0.2, 0.25) is 0 Å². The number of hydrogen-bond acceptors (Lipinski definition) is 4. The molecule has 0 atom stereocenters. The van der Waals surface area contributed by atoms with Gasteiger partial charge in [-0.1, -0.05) is 50.1 Å². The highest BCUT2D eigenvalue weighted by Gasteiger charge is 2.00. The number of hydrogen-bond donors (Lipinski definition) is 0. The molecule has 0 bridgehead atoms. The zero-order valence-corrected chi connectivity index (χ0v) is 11.7. The molecule has 4 nitrogen and oxygen atoms in total. The van der Waals surface area contributed by atoms with Gasteiger partial charge in [0.2, 0.25) is 0 Å². The van der Waals surface area contributed by atoms with Crippen molar-refractivity contribution in [1.29, 1.82) is 0 Å². The van der Waals surface area contributed by atoms with Gasteiger partial charge in [-0.15, -0.1) is 0 Å². The molecule has 18 heavy (non-hydrogen) atoms. The second kappa shape index (κ2) is 14.1. The van der Waals surface area contributed by atoms with Gasteiger partial charge in [-0.05, 0) is 19.8 Å². The number of carbonyl (C=O) groups excluding carboxylic acids is 1. The second-order valence-corrected chi connectivity index (χ2v) is 4.59. The van der Waals surface area contributed by atoms with Crippen LogP contribution in [0.5, 0.6) is 0 Å². The van der Waals surface area contributed by atoms with Gasteiger partial charge in [0.15, 0.2) is 0 Å². The maximum Gasteiger partial charge on any atom is 0.305 e. The molecular formula is C14H27NO3. The molecule has 0 rings (SSSR count). The quantitative estimate of drug-likeness (QED) is 0.282. The van der Waals surface area contributed by atoms with Gasteiger partial charge in [0, 0.05) is 6.42 Å². The van der Waals surface area contributed by atoms with Crippen molar-refractivity contribution in [3.05, 3.63) is 4.91 Å². The average molecular weight is 257 g/mol. The molecule has 0 saturated carbocycles. The number of esters is 1. The predicted molar refractivity (Wildman–Crippen MR) is 73.5 cm³/mol. The van der Waals surface area contributed by atoms with Crippen LogP contribution >= 0.6 is 0 Å². The lowest BCUT2D eigenvalue weighted by Crippen LogP contribution is -2.03. The Balaban J connectivity index is 3.03. The Labute approximate surface area is 110 Å². The first-order valence-electron chi connectivity index (χ1n) is 7.26. The van der Waals surface area contributed by atoms with E-state index in [1.54, 1.807) is 0 Å². The monoisotopic (exact) mass is 257 g/mol. The lowest BCUT2D eigenvalue weighted by atomic mass is 10.1. The van der Waals surface area contributed by atoms with Gasteiger partial charge < -0.3 is 4.74 Å². The van der Waals surface area contributed by atoms with Crippen LogP contribution in [0.1, 0.15) is 71.1 Å². The number of nitroso groups, excluding NO2 is 1. The Hall–Kier alpha value is -0.930. The summed E-state index contributed by atoms with van der Waals surface area (Å²) in [5.41, 5.74) is 0. The van der Waals surface area contributed by atoms with Crippen LogP contribution in [0.3, 0.4) is 0 Å². The van der Waals surface area contributed by atoms with Crippen LogP contribution in [0.25, 0.3) is 0 Å². The van der Waals surface area contributed by atoms with Crippen molar-refractivity contribution < 1.29 is 9.53 Å². The van der Waals surface area contributed by atoms with Gasteiger partial charge in [0.1, 0.15) is 0 Å². The number of rotatable bonds is 13. The van der Waals surface area contributed by atoms with Crippen LogP contribution < -0.4 is 0 Å². The summed E-state index contributed by atoms with van der Waals surface area (Å²) < 4.78 is 4.86. The van der Waals surface area contributed by atoms with Crippen molar-refractivity contribution in [2.24, 2.45) is 5.18 Å². The Morgan fingerprint density at radius 1 is 0.889 bits per heavy atom. The highest BCUT2D eigenvalue weighted by molar-refractivity contribution is 5.69. The molecular weight excluding hydrogens is 230 g/mol. The largest absolute Gasteiger partial charge is 0.466 e. The van der Waals surface area contributed by atoms with Gasteiger partial charge in [-0.3, -0.25) is 4.79 Å². The third-order valence-corrected chi connectivity index (χ3v) is 2.94. The van der Waals surface area contributed by atoms with E-state index in [0.29, 0.717) is 19.6 Å². The SMILES string of the molecule is CCOC(=O)CCCCCCCCCCCN=O. The van der Waals surface area contributed by atoms with Crippen molar-refractivity contribution in [3.63, 3.8) is 0 Å². The summed E-state index contributed by atoms with van der Waals surface area (Å²) in [7, 11) is 0. The summed E-state index contributed by atoms with van der Waals surface area (Å²) in [6, 6.07) is 0. The molecule has 0 radical (unpaired) electrons. The Morgan fingerprint density at radius 2 is 1.39 bits per heavy atom. The smallest absolute Gasteiger partial charge is 0.305 e. The third kappa shape index (κ3) is 13.1. The van der Waals surface area contributed by atoms with Gasteiger partial charge in [0.25, 0.3) is 0 Å². The van der Waals surface area contributed by atoms with Crippen molar-refractivity contribution in [1.82, 2.24) is 0 Å². The van der Waals surface area contributed by atoms with Crippen LogP contribution in [0, 0.1) is 4.91 Å². The van der Waals surface area contributed by atoms with E-state index < -0.39 is 0 Å². The zero-order chi connectivity index (χ0) is 13.5. The molecule has 0 saturated heterocycles. The fourth-order valence-electron chi connectivity index (χ4n) is 1.92. The summed E-state index contributed by atoms with van der Waals surface area (Å²) in [5, 5.41) is 2.84. The lowest BCUT2D eigenvalue weighted by Gasteiger charge is -2.02. The third-order valence-electron chi connectivity index (χ3n) is 2.94. The second-order valence-electron chi connectivity index (χ2n) is 4.59. The number of unbranched alkanes of at least 4 members (excludes halogenated alkanes) is 8. The number of carbonyl (C=O) groups is 1. The summed E-state index contributed by atoms with van der Waals surface area (Å²) >= 11 is 0. The van der Waals surface area contributed by atoms with E-state index in [9.17, 15) is 9.70 Å². The Morgan fingerprint density at radius 3 is 1.89 bits per heavy atom. The van der Waals surface area contributed by atoms with E-state index >= 15 is 0 Å². The van der Waals surface area contributed by atoms with Crippen LogP contribution in [-0.4, -0.2) is 19.1 Å². The molecule has 106 valence electrons. The van der Waals surface area contributed by atoms with Gasteiger partial charge >= 0.3 is 5.97 Å². The zero-order valence-electron chi connectivity index (χ0n) is 11.7. The fraction of sp³-hybridized carbons (Fsp3) is 0.929. The molecule has 0 aromatic rings. The van der Waals surface area contributed by atoms with Crippen molar-refractivity contribution in [3.8, 4) is 0 Å². The molecule has 4 heteroatoms. The van der Waals surface area contributed by atoms with Crippen LogP contribution in [-0.2, 0) is 9.53 Å². The number of ether oxygens (including phenoxy) is 1. The number of nitrogens with zero attached hydrogens (tertiary/aromatic N) is 1. The minimum atomic E-state index is -0.0683. The van der Waals surface area contributed by atoms with E-state index in [4.69, 9.17) is 4.74 Å². The topological polar surface area (TPSA) is 55.7 Å². The van der Waals surface area contributed by atoms with Crippen molar-refractivity contribution >= 4 is 5.97 Å². The van der Waals surface area contributed by atoms with E-state index in [0.717, 1.165) is 25.7 Å². The minimum absolute atomic E-state index is 0.0683. The molecule has 0 aliphatic heterocycles. The molecule has 0 aliphatic carbocycles. The standard InChI is InChI=1S/C14H27NO3/c1-2-18-14(16)12-10-8-6-4-3-5-7-9-11-13-15-17/h2-13H2,1H3. The minimum Gasteiger partial charge on any atom is -0.466 e. The highest BCUT2D eigenvalue weighted by Crippen LogP contribution is 2.10. The molecule has 0 aliphatic rings. The normalized spacial score (nSPS) is 10.3. The van der Waals surface area contributed by atoms with E-state index in [1.165, 1.54) is 32.1 Å². The maximum absolute atomic E-state index is 11.1. The summed E-state index contributed by atoms with van der Waals surface area (Å²) in [4.78, 5) is 20.9. The predicted octanol–water partition coefficient (Wildman–Crippen LogP) is 4.22. The average Bonchev–Trinajstić information content (AvgIpc) is 2.36. The first-order chi connectivity index (χ1) is 8.81. The molecule has 0 aromatic heterocycles. The Kier molecular flexibility index (Phi) is 13.4. The Bertz CT molecular complexity index is 207. The highest BCUT2D eigenvalue weighted by atomic mass is 16.5. The van der Waals surface area contributed by atoms with E-state index in [1.807, 2.05) is 6.92 Å². The van der Waals surface area contributed by atoms with Crippen LogP contribution in [0.15, 0.2) is 5.18 Å². The summed E-state index contributed by atoms with van der Waals surface area (Å²) in [6.07, 6.45) is 10.8. The van der Waals surface area contributed by atoms with Crippen molar-refractivity contribution in [2.45, 2.75) is 71.1 Å². The summed E-state index contributed by atoms with van der Waals surface area (Å²) in [5.74, 6) is -0.0683. The van der Waals surface area contributed by atoms with Gasteiger partial charge in [-0.25, -0.2) is 0 Å². The molecule has 0 unspecified atom stereocenters. The first-order valence-corrected chi connectivity index (χ1v) is 7.26. The molecule has 0 heterocycles. The van der Waals surface area contributed by atoms with E-state index in [-0.39, 0.29) is 5.97 Å². The molecule has 0 fully saturated rings. The van der Waals surface area contributed by atoms with E-state index in [2.05, 4.69) is 5.18 Å². The lowest BCUT2D eigenvalue weighted by molar-refractivity contribution is -0.143. The molecule has 0 amide bonds. The van der Waals surface area contributed by atoms with Gasteiger partial charge in [-0.2, -0.15) is 4.91 Å². The first kappa shape index (κ1) is 17.1. The van der Waals surface area contributed by atoms with Gasteiger partial charge in [0.05, 0.1) is 13.2 Å². The molecule has 0 spiro atoms. The van der Waals surface area contributed by atoms with Crippen LogP contribution in [0.4, 0.5) is 0 Å². The molecule has 0 aromatic carbocycles. The fourth-order valence-corrected chi connectivity index (χ4v) is 1.92. The summed E-state index contributed by atoms with van der Waals surface area (Å²) in [6.45, 7) is 2.79.